The molecule has 1 aliphatic rings. The number of halogens is 3. The van der Waals surface area contributed by atoms with Gasteiger partial charge in [0.25, 0.3) is 0 Å². The number of amides is 2. The van der Waals surface area contributed by atoms with Crippen LogP contribution in [0.4, 0.5) is 23.7 Å². The maximum absolute atomic E-state index is 12.2. The largest absolute Gasteiger partial charge is 0.440 e. The van der Waals surface area contributed by atoms with Crippen LogP contribution in [0.3, 0.4) is 0 Å². The number of ether oxygens (including phenoxy) is 1. The molecule has 0 aliphatic carbocycles. The van der Waals surface area contributed by atoms with Crippen LogP contribution >= 0.6 is 0 Å². The summed E-state index contributed by atoms with van der Waals surface area (Å²) in [5, 5.41) is 0.794. The first kappa shape index (κ1) is 19.5. The highest BCUT2D eigenvalue weighted by Gasteiger charge is 2.31. The predicted molar refractivity (Wildman–Crippen MR) is 95.5 cm³/mol. The minimum Gasteiger partial charge on any atom is -0.440 e. The third-order valence-corrected chi connectivity index (χ3v) is 4.24. The molecule has 0 unspecified atom stereocenters. The van der Waals surface area contributed by atoms with E-state index in [9.17, 15) is 22.8 Å². The van der Waals surface area contributed by atoms with E-state index < -0.39 is 24.8 Å². The highest BCUT2D eigenvalue weighted by molar-refractivity contribution is 5.95. The van der Waals surface area contributed by atoms with E-state index in [2.05, 4.69) is 14.7 Å². The number of nitrogens with two attached hydrogens (primary N) is 1. The van der Waals surface area contributed by atoms with Crippen molar-refractivity contribution in [2.24, 2.45) is 5.73 Å². The summed E-state index contributed by atoms with van der Waals surface area (Å²) in [5.74, 6) is -0.563. The summed E-state index contributed by atoms with van der Waals surface area (Å²) in [6.45, 7) is -0.287. The molecular weight excluding hydrogens is 379 g/mol. The smallest absolute Gasteiger partial charge is 0.422 e. The number of carbonyl (C=O) groups excluding carboxylic acids is 2. The zero-order valence-electron chi connectivity index (χ0n) is 14.7. The molecule has 1 saturated heterocycles. The topological polar surface area (TPSA) is 105 Å². The first-order valence-corrected chi connectivity index (χ1v) is 8.41. The molecule has 11 heteroatoms. The number of fused-ring (bicyclic) bond motifs is 1. The van der Waals surface area contributed by atoms with Crippen LogP contribution in [0.15, 0.2) is 24.5 Å². The SMILES string of the molecule is NC(=O)C=Cc1c[nH]c2ncc(N3CCN(C(=O)OCC(F)(F)F)CC3)cc12. The normalized spacial score (nSPS) is 15.4. The Hall–Kier alpha value is -3.24. The van der Waals surface area contributed by atoms with E-state index in [1.165, 1.54) is 11.0 Å². The van der Waals surface area contributed by atoms with Gasteiger partial charge < -0.3 is 25.3 Å². The van der Waals surface area contributed by atoms with Gasteiger partial charge >= 0.3 is 12.3 Å². The van der Waals surface area contributed by atoms with Crippen molar-refractivity contribution >= 4 is 34.8 Å². The molecule has 8 nitrogen and oxygen atoms in total. The number of rotatable bonds is 4. The number of nitrogens with zero attached hydrogens (tertiary/aromatic N) is 3. The van der Waals surface area contributed by atoms with Crippen molar-refractivity contribution < 1.29 is 27.5 Å². The highest BCUT2D eigenvalue weighted by Crippen LogP contribution is 2.24. The summed E-state index contributed by atoms with van der Waals surface area (Å²) in [4.78, 5) is 33.2. The fraction of sp³-hybridized carbons (Fsp3) is 0.353. The second-order valence-electron chi connectivity index (χ2n) is 6.21. The van der Waals surface area contributed by atoms with Crippen molar-refractivity contribution in [2.75, 3.05) is 37.7 Å². The number of aromatic amines is 1. The minimum atomic E-state index is -4.55. The summed E-state index contributed by atoms with van der Waals surface area (Å²) < 4.78 is 40.7. The number of aromatic nitrogens is 2. The molecule has 3 N–H and O–H groups in total. The van der Waals surface area contributed by atoms with Crippen molar-refractivity contribution in [3.63, 3.8) is 0 Å². The molecule has 150 valence electrons. The molecule has 0 radical (unpaired) electrons. The zero-order chi connectivity index (χ0) is 20.3. The van der Waals surface area contributed by atoms with Crippen LogP contribution in [-0.2, 0) is 9.53 Å². The summed E-state index contributed by atoms with van der Waals surface area (Å²) >= 11 is 0. The standard InChI is InChI=1S/C17H18F3N5O3/c18-17(19,20)10-28-16(27)25-5-3-24(4-6-25)12-7-13-11(1-2-14(21)26)8-22-15(13)23-9-12/h1-2,7-9H,3-6,10H2,(H2,21,26)(H,22,23). The molecule has 1 aliphatic heterocycles. The number of primary amides is 1. The number of anilines is 1. The molecule has 3 heterocycles. The van der Waals surface area contributed by atoms with Crippen LogP contribution in [0.25, 0.3) is 17.1 Å². The first-order valence-electron chi connectivity index (χ1n) is 8.41. The summed E-state index contributed by atoms with van der Waals surface area (Å²) in [6.07, 6.45) is 0.681. The molecule has 0 bridgehead atoms. The Morgan fingerprint density at radius 1 is 1.29 bits per heavy atom. The molecule has 0 atom stereocenters. The van der Waals surface area contributed by atoms with Gasteiger partial charge in [0.2, 0.25) is 5.91 Å². The second-order valence-corrected chi connectivity index (χ2v) is 6.21. The average molecular weight is 397 g/mol. The van der Waals surface area contributed by atoms with Crippen molar-refractivity contribution in [2.45, 2.75) is 6.18 Å². The molecule has 0 aromatic carbocycles. The van der Waals surface area contributed by atoms with E-state index in [1.807, 2.05) is 11.0 Å². The Morgan fingerprint density at radius 2 is 2.00 bits per heavy atom. The summed E-state index contributed by atoms with van der Waals surface area (Å²) in [5.41, 5.74) is 7.30. The lowest BCUT2D eigenvalue weighted by atomic mass is 10.2. The fourth-order valence-corrected chi connectivity index (χ4v) is 2.88. The molecule has 28 heavy (non-hydrogen) atoms. The lowest BCUT2D eigenvalue weighted by molar-refractivity contribution is -0.162. The monoisotopic (exact) mass is 397 g/mol. The van der Waals surface area contributed by atoms with E-state index in [4.69, 9.17) is 5.73 Å². The molecule has 2 aromatic heterocycles. The van der Waals surface area contributed by atoms with Gasteiger partial charge in [-0.05, 0) is 12.1 Å². The molecule has 1 fully saturated rings. The molecular formula is C17H18F3N5O3. The summed E-state index contributed by atoms with van der Waals surface area (Å²) in [7, 11) is 0. The zero-order valence-corrected chi connectivity index (χ0v) is 14.7. The molecule has 0 spiro atoms. The van der Waals surface area contributed by atoms with E-state index >= 15 is 0 Å². The molecule has 0 saturated carbocycles. The van der Waals surface area contributed by atoms with Gasteiger partial charge in [0.1, 0.15) is 5.65 Å². The quantitative estimate of drug-likeness (QED) is 0.767. The Kier molecular flexibility index (Phi) is 5.43. The van der Waals surface area contributed by atoms with E-state index in [0.717, 1.165) is 16.6 Å². The van der Waals surface area contributed by atoms with Gasteiger partial charge in [-0.3, -0.25) is 4.79 Å². The maximum atomic E-state index is 12.2. The van der Waals surface area contributed by atoms with E-state index in [-0.39, 0.29) is 13.1 Å². The number of hydrogen-bond donors (Lipinski definition) is 2. The maximum Gasteiger partial charge on any atom is 0.422 e. The van der Waals surface area contributed by atoms with E-state index in [1.54, 1.807) is 18.5 Å². The fourth-order valence-electron chi connectivity index (χ4n) is 2.88. The number of alkyl halides is 3. The highest BCUT2D eigenvalue weighted by atomic mass is 19.4. The Labute approximate surface area is 157 Å². The third kappa shape index (κ3) is 4.72. The van der Waals surface area contributed by atoms with Gasteiger partial charge in [0.15, 0.2) is 6.61 Å². The van der Waals surface area contributed by atoms with E-state index in [0.29, 0.717) is 18.7 Å². The Balaban J connectivity index is 1.65. The van der Waals surface area contributed by atoms with Crippen molar-refractivity contribution in [3.05, 3.63) is 30.1 Å². The van der Waals surface area contributed by atoms with Crippen molar-refractivity contribution in [3.8, 4) is 0 Å². The van der Waals surface area contributed by atoms with Gasteiger partial charge in [-0.1, -0.05) is 0 Å². The Bertz CT molecular complexity index is 901. The third-order valence-electron chi connectivity index (χ3n) is 4.24. The molecule has 2 aromatic rings. The predicted octanol–water partition coefficient (Wildman–Crippen LogP) is 1.88. The number of hydrogen-bond acceptors (Lipinski definition) is 5. The van der Waals surface area contributed by atoms with Gasteiger partial charge in [-0.15, -0.1) is 0 Å². The minimum absolute atomic E-state index is 0.232. The van der Waals surface area contributed by atoms with Crippen LogP contribution < -0.4 is 10.6 Å². The first-order chi connectivity index (χ1) is 13.2. The van der Waals surface area contributed by atoms with Crippen molar-refractivity contribution in [1.29, 1.82) is 0 Å². The average Bonchev–Trinajstić information content (AvgIpc) is 3.06. The van der Waals surface area contributed by atoms with Crippen LogP contribution in [0.2, 0.25) is 0 Å². The number of H-pyrrole nitrogens is 1. The second kappa shape index (κ2) is 7.79. The number of pyridine rings is 1. The van der Waals surface area contributed by atoms with Gasteiger partial charge in [0.05, 0.1) is 11.9 Å². The van der Waals surface area contributed by atoms with Gasteiger partial charge in [-0.25, -0.2) is 9.78 Å². The lowest BCUT2D eigenvalue weighted by Crippen LogP contribution is -2.49. The van der Waals surface area contributed by atoms with Crippen LogP contribution in [0, 0.1) is 0 Å². The van der Waals surface area contributed by atoms with Crippen LogP contribution in [0.1, 0.15) is 5.56 Å². The van der Waals surface area contributed by atoms with Gasteiger partial charge in [-0.2, -0.15) is 13.2 Å². The summed E-state index contributed by atoms with van der Waals surface area (Å²) in [6, 6.07) is 1.89. The number of carbonyl (C=O) groups is 2. The molecule has 2 amide bonds. The Morgan fingerprint density at radius 3 is 2.64 bits per heavy atom. The van der Waals surface area contributed by atoms with Gasteiger partial charge in [0, 0.05) is 49.4 Å². The van der Waals surface area contributed by atoms with Crippen LogP contribution in [0.5, 0.6) is 0 Å². The lowest BCUT2D eigenvalue weighted by Gasteiger charge is -2.35. The van der Waals surface area contributed by atoms with Crippen molar-refractivity contribution in [1.82, 2.24) is 14.9 Å². The number of nitrogens with one attached hydrogen (secondary N) is 1. The number of piperazine rings is 1. The molecule has 3 rings (SSSR count). The van der Waals surface area contributed by atoms with Crippen LogP contribution in [-0.4, -0.2) is 65.8 Å².